The molecule has 2 N–H and O–H groups in total. The van der Waals surface area contributed by atoms with Crippen LogP contribution in [0.1, 0.15) is 16.1 Å². The summed E-state index contributed by atoms with van der Waals surface area (Å²) < 4.78 is 1.58. The van der Waals surface area contributed by atoms with Gasteiger partial charge >= 0.3 is 6.03 Å². The molecule has 1 heterocycles. The van der Waals surface area contributed by atoms with Crippen molar-refractivity contribution < 1.29 is 9.59 Å². The molecular formula is C20H15Br2N3O2. The Balaban J connectivity index is 1.72. The number of carbonyl (C=O) groups excluding carboxylic acids is 2. The highest BCUT2D eigenvalue weighted by atomic mass is 79.9. The van der Waals surface area contributed by atoms with Crippen LogP contribution in [0.3, 0.4) is 0 Å². The number of amides is 3. The molecule has 0 aliphatic carbocycles. The number of carbonyl (C=O) groups is 2. The van der Waals surface area contributed by atoms with Gasteiger partial charge in [0, 0.05) is 20.2 Å². The minimum Gasteiger partial charge on any atom is -0.292 e. The molecule has 3 aromatic rings. The summed E-state index contributed by atoms with van der Waals surface area (Å²) in [6, 6.07) is 17.7. The molecule has 2 aromatic carbocycles. The van der Waals surface area contributed by atoms with Crippen molar-refractivity contribution in [3.8, 4) is 11.1 Å². The Labute approximate surface area is 173 Å². The second-order valence-corrected chi connectivity index (χ2v) is 7.41. The summed E-state index contributed by atoms with van der Waals surface area (Å²) in [4.78, 5) is 28.7. The van der Waals surface area contributed by atoms with E-state index in [1.807, 2.05) is 37.3 Å². The molecule has 0 saturated heterocycles. The zero-order valence-corrected chi connectivity index (χ0v) is 17.5. The van der Waals surface area contributed by atoms with Gasteiger partial charge in [0.05, 0.1) is 5.56 Å². The number of benzene rings is 2. The number of imide groups is 1. The molecule has 0 aliphatic heterocycles. The molecule has 0 atom stereocenters. The van der Waals surface area contributed by atoms with Crippen LogP contribution in [0, 0.1) is 6.92 Å². The number of aromatic nitrogens is 1. The molecule has 3 amide bonds. The highest BCUT2D eigenvalue weighted by Crippen LogP contribution is 2.30. The third-order valence-electron chi connectivity index (χ3n) is 3.84. The Kier molecular flexibility index (Phi) is 6.03. The minimum atomic E-state index is -0.642. The average molecular weight is 489 g/mol. The molecule has 0 bridgehead atoms. The van der Waals surface area contributed by atoms with Gasteiger partial charge in [0.2, 0.25) is 0 Å². The van der Waals surface area contributed by atoms with Crippen LogP contribution in [0.5, 0.6) is 0 Å². The van der Waals surface area contributed by atoms with Crippen molar-refractivity contribution in [2.75, 3.05) is 5.32 Å². The predicted octanol–water partition coefficient (Wildman–Crippen LogP) is 5.54. The van der Waals surface area contributed by atoms with Crippen LogP contribution in [0.2, 0.25) is 0 Å². The van der Waals surface area contributed by atoms with Gasteiger partial charge < -0.3 is 0 Å². The first-order chi connectivity index (χ1) is 13.0. The molecule has 3 rings (SSSR count). The summed E-state index contributed by atoms with van der Waals surface area (Å²) >= 11 is 6.82. The number of anilines is 1. The molecule has 7 heteroatoms. The number of nitrogens with one attached hydrogen (secondary N) is 2. The molecule has 0 aliphatic rings. The van der Waals surface area contributed by atoms with Crippen LogP contribution in [-0.2, 0) is 0 Å². The van der Waals surface area contributed by atoms with Gasteiger partial charge in [0.25, 0.3) is 5.91 Å². The molecular weight excluding hydrogens is 474 g/mol. The van der Waals surface area contributed by atoms with Gasteiger partial charge in [-0.25, -0.2) is 9.78 Å². The monoisotopic (exact) mass is 487 g/mol. The number of hydrogen-bond acceptors (Lipinski definition) is 3. The summed E-state index contributed by atoms with van der Waals surface area (Å²) in [5.74, 6) is -0.137. The normalized spacial score (nSPS) is 10.3. The maximum atomic E-state index is 12.2. The lowest BCUT2D eigenvalue weighted by atomic mass is 10.0. The lowest BCUT2D eigenvalue weighted by Crippen LogP contribution is -2.34. The van der Waals surface area contributed by atoms with Crippen molar-refractivity contribution in [1.82, 2.24) is 10.3 Å². The van der Waals surface area contributed by atoms with Crippen LogP contribution in [0.25, 0.3) is 11.1 Å². The first kappa shape index (κ1) is 19.3. The van der Waals surface area contributed by atoms with E-state index >= 15 is 0 Å². The Morgan fingerprint density at radius 1 is 0.852 bits per heavy atom. The Morgan fingerprint density at radius 2 is 1.52 bits per heavy atom. The molecule has 5 nitrogen and oxygen atoms in total. The fourth-order valence-electron chi connectivity index (χ4n) is 2.56. The lowest BCUT2D eigenvalue weighted by Gasteiger charge is -2.11. The zero-order valence-electron chi connectivity index (χ0n) is 14.3. The predicted molar refractivity (Wildman–Crippen MR) is 113 cm³/mol. The third kappa shape index (κ3) is 4.61. The summed E-state index contributed by atoms with van der Waals surface area (Å²) in [5, 5.41) is 4.88. The van der Waals surface area contributed by atoms with E-state index < -0.39 is 11.9 Å². The Hall–Kier alpha value is -2.51. The molecule has 0 radical (unpaired) electrons. The van der Waals surface area contributed by atoms with E-state index in [9.17, 15) is 9.59 Å². The highest BCUT2D eigenvalue weighted by Gasteiger charge is 2.14. The highest BCUT2D eigenvalue weighted by molar-refractivity contribution is 9.10. The standard InChI is InChI=1S/C20H15Br2N3O2/c1-12-13(14-6-2-4-8-16(14)21)10-11-18(23-12)24-20(27)25-19(26)15-7-3-5-9-17(15)22/h2-11H,1H3,(H2,23,24,25,26,27). The van der Waals surface area contributed by atoms with Crippen LogP contribution in [-0.4, -0.2) is 16.9 Å². The maximum absolute atomic E-state index is 12.2. The van der Waals surface area contributed by atoms with Crippen molar-refractivity contribution in [1.29, 1.82) is 0 Å². The molecule has 27 heavy (non-hydrogen) atoms. The van der Waals surface area contributed by atoms with Crippen molar-refractivity contribution in [3.05, 3.63) is 80.9 Å². The Bertz CT molecular complexity index is 1020. The molecule has 0 spiro atoms. The van der Waals surface area contributed by atoms with E-state index in [2.05, 4.69) is 47.5 Å². The molecule has 1 aromatic heterocycles. The summed E-state index contributed by atoms with van der Waals surface area (Å²) in [5.41, 5.74) is 3.11. The fourth-order valence-corrected chi connectivity index (χ4v) is 3.52. The SMILES string of the molecule is Cc1nc(NC(=O)NC(=O)c2ccccc2Br)ccc1-c1ccccc1Br. The number of nitrogens with zero attached hydrogens (tertiary/aromatic N) is 1. The van der Waals surface area contributed by atoms with E-state index in [-0.39, 0.29) is 0 Å². The number of rotatable bonds is 3. The van der Waals surface area contributed by atoms with Gasteiger partial charge in [0.1, 0.15) is 5.82 Å². The largest absolute Gasteiger partial charge is 0.327 e. The topological polar surface area (TPSA) is 71.1 Å². The number of aryl methyl sites for hydroxylation is 1. The summed E-state index contributed by atoms with van der Waals surface area (Å²) in [6.07, 6.45) is 0. The van der Waals surface area contributed by atoms with Crippen molar-refractivity contribution >= 4 is 49.6 Å². The van der Waals surface area contributed by atoms with E-state index in [0.29, 0.717) is 15.9 Å². The van der Waals surface area contributed by atoms with Crippen molar-refractivity contribution in [2.24, 2.45) is 0 Å². The molecule has 0 saturated carbocycles. The summed E-state index contributed by atoms with van der Waals surface area (Å²) in [6.45, 7) is 1.87. The number of hydrogen-bond donors (Lipinski definition) is 2. The van der Waals surface area contributed by atoms with Gasteiger partial charge in [-0.15, -0.1) is 0 Å². The minimum absolute atomic E-state index is 0.362. The zero-order chi connectivity index (χ0) is 19.4. The second-order valence-electron chi connectivity index (χ2n) is 5.70. The molecule has 136 valence electrons. The maximum Gasteiger partial charge on any atom is 0.327 e. The first-order valence-corrected chi connectivity index (χ1v) is 9.63. The van der Waals surface area contributed by atoms with Crippen LogP contribution in [0.15, 0.2) is 69.6 Å². The summed E-state index contributed by atoms with van der Waals surface area (Å²) in [7, 11) is 0. The second kappa shape index (κ2) is 8.45. The number of urea groups is 1. The molecule has 0 fully saturated rings. The van der Waals surface area contributed by atoms with Crippen LogP contribution >= 0.6 is 31.9 Å². The van der Waals surface area contributed by atoms with Gasteiger partial charge in [0.15, 0.2) is 0 Å². The van der Waals surface area contributed by atoms with E-state index in [1.54, 1.807) is 30.3 Å². The van der Waals surface area contributed by atoms with Gasteiger partial charge in [-0.1, -0.05) is 46.3 Å². The van der Waals surface area contributed by atoms with Crippen LogP contribution < -0.4 is 10.6 Å². The average Bonchev–Trinajstić information content (AvgIpc) is 2.63. The van der Waals surface area contributed by atoms with E-state index in [1.165, 1.54) is 0 Å². The van der Waals surface area contributed by atoms with Gasteiger partial charge in [-0.3, -0.25) is 15.4 Å². The number of halogens is 2. The third-order valence-corrected chi connectivity index (χ3v) is 5.22. The lowest BCUT2D eigenvalue weighted by molar-refractivity contribution is 0.0966. The smallest absolute Gasteiger partial charge is 0.292 e. The Morgan fingerprint density at radius 3 is 2.19 bits per heavy atom. The van der Waals surface area contributed by atoms with E-state index in [0.717, 1.165) is 21.3 Å². The fraction of sp³-hybridized carbons (Fsp3) is 0.0500. The van der Waals surface area contributed by atoms with Gasteiger partial charge in [-0.2, -0.15) is 0 Å². The van der Waals surface area contributed by atoms with Crippen molar-refractivity contribution in [2.45, 2.75) is 6.92 Å². The first-order valence-electron chi connectivity index (χ1n) is 8.05. The van der Waals surface area contributed by atoms with Crippen LogP contribution in [0.4, 0.5) is 10.6 Å². The quantitative estimate of drug-likeness (QED) is 0.508. The molecule has 0 unspecified atom stereocenters. The van der Waals surface area contributed by atoms with Crippen molar-refractivity contribution in [3.63, 3.8) is 0 Å². The van der Waals surface area contributed by atoms with E-state index in [4.69, 9.17) is 0 Å². The van der Waals surface area contributed by atoms with Gasteiger partial charge in [-0.05, 0) is 58.7 Å². The number of pyridine rings is 1.